The summed E-state index contributed by atoms with van der Waals surface area (Å²) in [5, 5.41) is 1.50. The Labute approximate surface area is 126 Å². The zero-order valence-corrected chi connectivity index (χ0v) is 12.7. The molecule has 0 aromatic heterocycles. The van der Waals surface area contributed by atoms with Gasteiger partial charge in [0.2, 0.25) is 0 Å². The molecule has 3 rings (SSSR count). The van der Waals surface area contributed by atoms with Crippen LogP contribution in [0.25, 0.3) is 0 Å². The van der Waals surface area contributed by atoms with Crippen molar-refractivity contribution in [2.24, 2.45) is 0 Å². The van der Waals surface area contributed by atoms with Crippen LogP contribution < -0.4 is 4.74 Å². The zero-order valence-electron chi connectivity index (χ0n) is 10.4. The second-order valence-electron chi connectivity index (χ2n) is 4.80. The monoisotopic (exact) mass is 336 g/mol. The van der Waals surface area contributed by atoms with Crippen molar-refractivity contribution in [3.63, 3.8) is 0 Å². The van der Waals surface area contributed by atoms with Gasteiger partial charge in [0.15, 0.2) is 0 Å². The van der Waals surface area contributed by atoms with Crippen LogP contribution in [0, 0.1) is 0 Å². The molecule has 0 fully saturated rings. The number of rotatable bonds is 4. The van der Waals surface area contributed by atoms with Crippen molar-refractivity contribution in [3.8, 4) is 5.75 Å². The Kier molecular flexibility index (Phi) is 3.81. The summed E-state index contributed by atoms with van der Waals surface area (Å²) in [5.74, 6) is 1.45. The third-order valence-corrected chi connectivity index (χ3v) is 4.41. The van der Waals surface area contributed by atoms with Gasteiger partial charge >= 0.3 is 0 Å². The van der Waals surface area contributed by atoms with E-state index in [9.17, 15) is 0 Å². The van der Waals surface area contributed by atoms with Crippen LogP contribution >= 0.6 is 27.5 Å². The molecule has 2 aromatic rings. The summed E-state index contributed by atoms with van der Waals surface area (Å²) < 4.78 is 5.96. The van der Waals surface area contributed by atoms with Gasteiger partial charge in [-0.3, -0.25) is 0 Å². The van der Waals surface area contributed by atoms with Crippen molar-refractivity contribution in [1.29, 1.82) is 0 Å². The van der Waals surface area contributed by atoms with Crippen molar-refractivity contribution in [2.45, 2.75) is 17.7 Å². The lowest BCUT2D eigenvalue weighted by molar-refractivity contribution is 0.273. The van der Waals surface area contributed by atoms with Gasteiger partial charge < -0.3 is 4.74 Å². The molecule has 0 bridgehead atoms. The lowest BCUT2D eigenvalue weighted by Crippen LogP contribution is -2.23. The molecular formula is C16H14BrClO. The van der Waals surface area contributed by atoms with E-state index in [1.807, 2.05) is 18.2 Å². The summed E-state index contributed by atoms with van der Waals surface area (Å²) >= 11 is 9.46. The van der Waals surface area contributed by atoms with Gasteiger partial charge in [0.25, 0.3) is 0 Å². The maximum absolute atomic E-state index is 5.99. The van der Waals surface area contributed by atoms with Crippen LogP contribution in [0.4, 0.5) is 0 Å². The van der Waals surface area contributed by atoms with E-state index in [2.05, 4.69) is 40.2 Å². The van der Waals surface area contributed by atoms with Gasteiger partial charge in [0.05, 0.1) is 6.61 Å². The van der Waals surface area contributed by atoms with Crippen molar-refractivity contribution >= 4 is 27.5 Å². The van der Waals surface area contributed by atoms with E-state index in [4.69, 9.17) is 16.3 Å². The fraction of sp³-hybridized carbons (Fsp3) is 0.250. The van der Waals surface area contributed by atoms with Crippen LogP contribution in [0.2, 0.25) is 5.02 Å². The predicted molar refractivity (Wildman–Crippen MR) is 82.5 cm³/mol. The minimum Gasteiger partial charge on any atom is -0.493 e. The molecule has 0 spiro atoms. The molecule has 0 saturated carbocycles. The molecule has 0 heterocycles. The second kappa shape index (κ2) is 5.56. The molecule has 1 aliphatic carbocycles. The van der Waals surface area contributed by atoms with Gasteiger partial charge in [0, 0.05) is 21.8 Å². The Morgan fingerprint density at radius 1 is 1.21 bits per heavy atom. The van der Waals surface area contributed by atoms with Gasteiger partial charge in [-0.1, -0.05) is 51.8 Å². The molecule has 2 aromatic carbocycles. The molecule has 0 amide bonds. The fourth-order valence-electron chi connectivity index (χ4n) is 2.50. The highest BCUT2D eigenvalue weighted by atomic mass is 79.9. The first-order chi connectivity index (χ1) is 9.28. The first kappa shape index (κ1) is 13.0. The Hall–Kier alpha value is -0.990. The van der Waals surface area contributed by atoms with Crippen LogP contribution in [-0.2, 0) is 11.8 Å². The molecule has 0 radical (unpaired) electrons. The summed E-state index contributed by atoms with van der Waals surface area (Å²) in [4.78, 5) is 0. The molecule has 3 heteroatoms. The van der Waals surface area contributed by atoms with Crippen LogP contribution in [0.5, 0.6) is 5.75 Å². The van der Waals surface area contributed by atoms with E-state index in [0.29, 0.717) is 5.92 Å². The van der Waals surface area contributed by atoms with Crippen LogP contribution in [0.15, 0.2) is 42.5 Å². The number of fused-ring (bicyclic) bond motifs is 1. The first-order valence-electron chi connectivity index (χ1n) is 6.33. The summed E-state index contributed by atoms with van der Waals surface area (Å²) in [7, 11) is 0. The Morgan fingerprint density at radius 2 is 2.05 bits per heavy atom. The van der Waals surface area contributed by atoms with Crippen molar-refractivity contribution in [3.05, 3.63) is 64.2 Å². The van der Waals surface area contributed by atoms with E-state index in [1.165, 1.54) is 11.1 Å². The average molecular weight is 338 g/mol. The molecule has 0 aliphatic heterocycles. The smallest absolute Gasteiger partial charge is 0.123 e. The Balaban J connectivity index is 1.68. The number of ether oxygens (including phenoxy) is 1. The third-order valence-electron chi connectivity index (χ3n) is 3.57. The lowest BCUT2D eigenvalue weighted by Gasteiger charge is -2.30. The molecule has 0 saturated heterocycles. The minimum absolute atomic E-state index is 0.523. The molecule has 1 nitrogen and oxygen atoms in total. The molecule has 1 atom stereocenters. The van der Waals surface area contributed by atoms with E-state index in [0.717, 1.165) is 34.7 Å². The summed E-state index contributed by atoms with van der Waals surface area (Å²) in [6, 6.07) is 14.3. The van der Waals surface area contributed by atoms with E-state index < -0.39 is 0 Å². The minimum atomic E-state index is 0.523. The van der Waals surface area contributed by atoms with E-state index >= 15 is 0 Å². The van der Waals surface area contributed by atoms with Crippen molar-refractivity contribution in [1.82, 2.24) is 0 Å². The van der Waals surface area contributed by atoms with Gasteiger partial charge in [0.1, 0.15) is 5.75 Å². The standard InChI is InChI=1S/C16H14BrClO/c17-9-12-8-14(18)5-6-16(12)19-10-13-7-11-3-1-2-4-15(11)13/h1-6,8,13H,7,9-10H2. The molecular weight excluding hydrogens is 324 g/mol. The van der Waals surface area contributed by atoms with Gasteiger partial charge in [-0.15, -0.1) is 0 Å². The Bertz CT molecular complexity index is 597. The quantitative estimate of drug-likeness (QED) is 0.717. The second-order valence-corrected chi connectivity index (χ2v) is 5.79. The predicted octanol–water partition coefficient (Wildman–Crippen LogP) is 4.95. The van der Waals surface area contributed by atoms with Crippen molar-refractivity contribution < 1.29 is 4.74 Å². The van der Waals surface area contributed by atoms with Crippen LogP contribution in [-0.4, -0.2) is 6.61 Å². The Morgan fingerprint density at radius 3 is 2.84 bits per heavy atom. The summed E-state index contributed by atoms with van der Waals surface area (Å²) in [5.41, 5.74) is 3.98. The number of hydrogen-bond acceptors (Lipinski definition) is 1. The SMILES string of the molecule is Clc1ccc(OCC2Cc3ccccc32)c(CBr)c1. The van der Waals surface area contributed by atoms with Crippen LogP contribution in [0.3, 0.4) is 0 Å². The number of halogens is 2. The average Bonchev–Trinajstić information content (AvgIpc) is 2.41. The molecule has 1 aliphatic rings. The molecule has 0 N–H and O–H groups in total. The van der Waals surface area contributed by atoms with E-state index in [1.54, 1.807) is 0 Å². The molecule has 98 valence electrons. The number of alkyl halides is 1. The number of benzene rings is 2. The van der Waals surface area contributed by atoms with Crippen molar-refractivity contribution in [2.75, 3.05) is 6.61 Å². The highest BCUT2D eigenvalue weighted by Gasteiger charge is 2.26. The maximum atomic E-state index is 5.99. The summed E-state index contributed by atoms with van der Waals surface area (Å²) in [6.45, 7) is 0.735. The van der Waals surface area contributed by atoms with Gasteiger partial charge in [-0.25, -0.2) is 0 Å². The highest BCUT2D eigenvalue weighted by Crippen LogP contribution is 2.35. The third kappa shape index (κ3) is 2.65. The highest BCUT2D eigenvalue weighted by molar-refractivity contribution is 9.08. The topological polar surface area (TPSA) is 9.23 Å². The first-order valence-corrected chi connectivity index (χ1v) is 7.83. The molecule has 1 unspecified atom stereocenters. The normalized spacial score (nSPS) is 16.6. The molecule has 19 heavy (non-hydrogen) atoms. The van der Waals surface area contributed by atoms with Crippen LogP contribution in [0.1, 0.15) is 22.6 Å². The summed E-state index contributed by atoms with van der Waals surface area (Å²) in [6.07, 6.45) is 1.12. The largest absolute Gasteiger partial charge is 0.493 e. The van der Waals surface area contributed by atoms with Gasteiger partial charge in [-0.05, 0) is 35.7 Å². The number of hydrogen-bond donors (Lipinski definition) is 0. The zero-order chi connectivity index (χ0) is 13.2. The van der Waals surface area contributed by atoms with E-state index in [-0.39, 0.29) is 0 Å². The maximum Gasteiger partial charge on any atom is 0.123 e. The lowest BCUT2D eigenvalue weighted by atomic mass is 9.78. The van der Waals surface area contributed by atoms with Gasteiger partial charge in [-0.2, -0.15) is 0 Å². The fourth-order valence-corrected chi connectivity index (χ4v) is 3.13.